The number of nitrogens with zero attached hydrogens (tertiary/aromatic N) is 2. The van der Waals surface area contributed by atoms with E-state index in [1.165, 1.54) is 11.3 Å². The molecule has 0 radical (unpaired) electrons. The molecule has 0 spiro atoms. The summed E-state index contributed by atoms with van der Waals surface area (Å²) in [6, 6.07) is 13.4. The van der Waals surface area contributed by atoms with Gasteiger partial charge in [-0.3, -0.25) is 9.69 Å². The Labute approximate surface area is 179 Å². The lowest BCUT2D eigenvalue weighted by molar-refractivity contribution is -0.115. The number of carbonyl (C=O) groups is 1. The van der Waals surface area contributed by atoms with Gasteiger partial charge in [0.25, 0.3) is 0 Å². The van der Waals surface area contributed by atoms with Gasteiger partial charge in [0.15, 0.2) is 0 Å². The van der Waals surface area contributed by atoms with Crippen molar-refractivity contribution in [2.75, 3.05) is 12.4 Å². The number of aromatic nitrogens is 1. The average molecular weight is 434 g/mol. The third-order valence-corrected chi connectivity index (χ3v) is 5.75. The summed E-state index contributed by atoms with van der Waals surface area (Å²) >= 11 is 13.5. The Balaban J connectivity index is 1.52. The molecule has 0 fully saturated rings. The van der Waals surface area contributed by atoms with E-state index in [2.05, 4.69) is 15.2 Å². The minimum Gasteiger partial charge on any atom is -0.326 e. The Morgan fingerprint density at radius 2 is 1.86 bits per heavy atom. The number of benzene rings is 2. The number of halogens is 2. The molecule has 3 aromatic rings. The topological polar surface area (TPSA) is 45.2 Å². The number of aryl methyl sites for hydroxylation is 1. The van der Waals surface area contributed by atoms with Gasteiger partial charge in [-0.15, -0.1) is 11.3 Å². The van der Waals surface area contributed by atoms with Crippen LogP contribution in [0.4, 0.5) is 5.69 Å². The van der Waals surface area contributed by atoms with Crippen molar-refractivity contribution in [1.29, 1.82) is 0 Å². The molecule has 0 saturated heterocycles. The third-order valence-electron chi connectivity index (χ3n) is 4.11. The molecule has 1 aromatic heterocycles. The van der Waals surface area contributed by atoms with Gasteiger partial charge in [0.2, 0.25) is 5.91 Å². The van der Waals surface area contributed by atoms with Crippen LogP contribution in [0.25, 0.3) is 0 Å². The van der Waals surface area contributed by atoms with Gasteiger partial charge in [0, 0.05) is 24.2 Å². The first kappa shape index (κ1) is 20.8. The normalized spacial score (nSPS) is 11.0. The van der Waals surface area contributed by atoms with Crippen LogP contribution in [0.1, 0.15) is 21.8 Å². The number of thiazole rings is 1. The second kappa shape index (κ2) is 9.52. The van der Waals surface area contributed by atoms with E-state index in [1.54, 1.807) is 6.07 Å². The molecule has 0 atom stereocenters. The summed E-state index contributed by atoms with van der Waals surface area (Å²) in [6.07, 6.45) is 0.273. The zero-order valence-corrected chi connectivity index (χ0v) is 18.0. The van der Waals surface area contributed by atoms with Crippen molar-refractivity contribution in [1.82, 2.24) is 9.88 Å². The quantitative estimate of drug-likeness (QED) is 0.529. The molecule has 0 aliphatic heterocycles. The molecule has 1 heterocycles. The lowest BCUT2D eigenvalue weighted by Gasteiger charge is -2.15. The molecule has 1 amide bonds. The van der Waals surface area contributed by atoms with Crippen molar-refractivity contribution >= 4 is 46.1 Å². The Kier molecular flexibility index (Phi) is 7.08. The van der Waals surface area contributed by atoms with Gasteiger partial charge >= 0.3 is 0 Å². The van der Waals surface area contributed by atoms with Crippen molar-refractivity contribution in [3.8, 4) is 0 Å². The standard InChI is InChI=1S/C21H21Cl2N3OS/c1-14-3-6-16(7-4-14)24-20(27)10-21-25-17(13-28-21)12-26(2)11-15-5-8-18(22)19(23)9-15/h3-9,13H,10-12H2,1-2H3,(H,24,27). The second-order valence-corrected chi connectivity index (χ2v) is 8.50. The zero-order valence-electron chi connectivity index (χ0n) is 15.7. The predicted molar refractivity (Wildman–Crippen MR) is 117 cm³/mol. The van der Waals surface area contributed by atoms with Gasteiger partial charge < -0.3 is 5.32 Å². The van der Waals surface area contributed by atoms with Crippen molar-refractivity contribution < 1.29 is 4.79 Å². The molecule has 146 valence electrons. The summed E-state index contributed by atoms with van der Waals surface area (Å²) in [7, 11) is 2.02. The van der Waals surface area contributed by atoms with Crippen LogP contribution in [-0.4, -0.2) is 22.8 Å². The van der Waals surface area contributed by atoms with Crippen molar-refractivity contribution in [3.63, 3.8) is 0 Å². The van der Waals surface area contributed by atoms with Gasteiger partial charge in [0.1, 0.15) is 5.01 Å². The van der Waals surface area contributed by atoms with Crippen LogP contribution in [0.15, 0.2) is 47.8 Å². The molecule has 0 aliphatic carbocycles. The molecular formula is C21H21Cl2N3OS. The maximum Gasteiger partial charge on any atom is 0.231 e. The minimum atomic E-state index is -0.0612. The highest BCUT2D eigenvalue weighted by Gasteiger charge is 2.11. The van der Waals surface area contributed by atoms with Crippen LogP contribution < -0.4 is 5.32 Å². The van der Waals surface area contributed by atoms with Gasteiger partial charge in [0.05, 0.1) is 22.2 Å². The van der Waals surface area contributed by atoms with Crippen molar-refractivity contribution in [2.45, 2.75) is 26.4 Å². The summed E-state index contributed by atoms with van der Waals surface area (Å²) < 4.78 is 0. The number of anilines is 1. The highest BCUT2D eigenvalue weighted by Crippen LogP contribution is 2.23. The molecule has 0 bridgehead atoms. The molecule has 28 heavy (non-hydrogen) atoms. The van der Waals surface area contributed by atoms with Crippen LogP contribution in [-0.2, 0) is 24.3 Å². The van der Waals surface area contributed by atoms with Gasteiger partial charge in [-0.05, 0) is 43.8 Å². The first-order valence-corrected chi connectivity index (χ1v) is 10.4. The predicted octanol–water partition coefficient (Wildman–Crippen LogP) is 5.57. The smallest absolute Gasteiger partial charge is 0.231 e. The van der Waals surface area contributed by atoms with E-state index in [4.69, 9.17) is 23.2 Å². The maximum atomic E-state index is 12.2. The highest BCUT2D eigenvalue weighted by atomic mass is 35.5. The fourth-order valence-electron chi connectivity index (χ4n) is 2.76. The zero-order chi connectivity index (χ0) is 20.1. The lowest BCUT2D eigenvalue weighted by atomic mass is 10.2. The number of rotatable bonds is 7. The Morgan fingerprint density at radius 3 is 2.57 bits per heavy atom. The van der Waals surface area contributed by atoms with Gasteiger partial charge in [-0.1, -0.05) is 47.0 Å². The fourth-order valence-corrected chi connectivity index (χ4v) is 3.87. The fraction of sp³-hybridized carbons (Fsp3) is 0.238. The summed E-state index contributed by atoms with van der Waals surface area (Å²) in [4.78, 5) is 19.0. The van der Waals surface area contributed by atoms with Crippen LogP contribution in [0.3, 0.4) is 0 Å². The van der Waals surface area contributed by atoms with E-state index in [1.807, 2.05) is 55.7 Å². The van der Waals surface area contributed by atoms with E-state index in [0.29, 0.717) is 16.6 Å². The number of nitrogens with one attached hydrogen (secondary N) is 1. The highest BCUT2D eigenvalue weighted by molar-refractivity contribution is 7.09. The van der Waals surface area contributed by atoms with E-state index in [9.17, 15) is 4.79 Å². The average Bonchev–Trinajstić information content (AvgIpc) is 3.06. The molecule has 0 aliphatic rings. The monoisotopic (exact) mass is 433 g/mol. The Bertz CT molecular complexity index is 957. The van der Waals surface area contributed by atoms with E-state index < -0.39 is 0 Å². The summed E-state index contributed by atoms with van der Waals surface area (Å²) in [6.45, 7) is 3.44. The second-order valence-electron chi connectivity index (χ2n) is 6.74. The summed E-state index contributed by atoms with van der Waals surface area (Å²) in [5.41, 5.74) is 4.00. The molecular weight excluding hydrogens is 413 g/mol. The molecule has 0 saturated carbocycles. The molecule has 1 N–H and O–H groups in total. The number of hydrogen-bond donors (Lipinski definition) is 1. The van der Waals surface area contributed by atoms with Crippen LogP contribution in [0.2, 0.25) is 10.0 Å². The molecule has 4 nitrogen and oxygen atoms in total. The largest absolute Gasteiger partial charge is 0.326 e. The summed E-state index contributed by atoms with van der Waals surface area (Å²) in [5, 5.41) is 6.83. The van der Waals surface area contributed by atoms with Gasteiger partial charge in [-0.25, -0.2) is 4.98 Å². The molecule has 7 heteroatoms. The minimum absolute atomic E-state index is 0.0612. The van der Waals surface area contributed by atoms with E-state index in [-0.39, 0.29) is 12.3 Å². The molecule has 2 aromatic carbocycles. The number of amides is 1. The maximum absolute atomic E-state index is 12.2. The third kappa shape index (κ3) is 6.04. The molecule has 3 rings (SSSR count). The SMILES string of the molecule is Cc1ccc(NC(=O)Cc2nc(CN(C)Cc3ccc(Cl)c(Cl)c3)cs2)cc1. The molecule has 0 unspecified atom stereocenters. The van der Waals surface area contributed by atoms with E-state index >= 15 is 0 Å². The van der Waals surface area contributed by atoms with Crippen molar-refractivity contribution in [3.05, 3.63) is 79.7 Å². The number of hydrogen-bond acceptors (Lipinski definition) is 4. The first-order valence-electron chi connectivity index (χ1n) is 8.81. The van der Waals surface area contributed by atoms with Gasteiger partial charge in [-0.2, -0.15) is 0 Å². The Hall–Kier alpha value is -1.92. The summed E-state index contributed by atoms with van der Waals surface area (Å²) in [5.74, 6) is -0.0612. The van der Waals surface area contributed by atoms with Crippen LogP contribution >= 0.6 is 34.5 Å². The van der Waals surface area contributed by atoms with Crippen LogP contribution in [0.5, 0.6) is 0 Å². The Morgan fingerprint density at radius 1 is 1.11 bits per heavy atom. The first-order chi connectivity index (χ1) is 13.4. The lowest BCUT2D eigenvalue weighted by Crippen LogP contribution is -2.18. The van der Waals surface area contributed by atoms with Crippen molar-refractivity contribution in [2.24, 2.45) is 0 Å². The van der Waals surface area contributed by atoms with E-state index in [0.717, 1.165) is 34.1 Å². The number of carbonyl (C=O) groups excluding carboxylic acids is 1. The van der Waals surface area contributed by atoms with Crippen LogP contribution in [0, 0.1) is 6.92 Å².